The Morgan fingerprint density at radius 2 is 1.50 bits per heavy atom. The number of carbonyl (C=O) groups is 1. The maximum absolute atomic E-state index is 13.1. The number of benzene rings is 3. The van der Waals surface area contributed by atoms with E-state index in [2.05, 4.69) is 52.8 Å². The number of carbonyl (C=O) groups excluding carboxylic acids is 1. The minimum absolute atomic E-state index is 0.206. The van der Waals surface area contributed by atoms with Crippen LogP contribution in [0.2, 0.25) is 0 Å². The van der Waals surface area contributed by atoms with E-state index >= 15 is 0 Å². The van der Waals surface area contributed by atoms with Crippen molar-refractivity contribution in [3.63, 3.8) is 0 Å². The number of nitrogens with two attached hydrogens (primary N) is 1. The number of fused-ring (bicyclic) bond motifs is 1. The summed E-state index contributed by atoms with van der Waals surface area (Å²) in [5.74, 6) is 0.869. The van der Waals surface area contributed by atoms with Gasteiger partial charge < -0.3 is 10.2 Å². The van der Waals surface area contributed by atoms with Crippen LogP contribution in [0.15, 0.2) is 71.1 Å². The largest absolute Gasteiger partial charge is 0.439 e. The third-order valence-corrected chi connectivity index (χ3v) is 5.88. The summed E-state index contributed by atoms with van der Waals surface area (Å²) in [6.45, 7) is 10.6. The Morgan fingerprint density at radius 3 is 2.06 bits per heavy atom. The lowest BCUT2D eigenvalue weighted by Crippen LogP contribution is -2.33. The molecule has 4 aromatic rings. The van der Waals surface area contributed by atoms with Gasteiger partial charge in [0.05, 0.1) is 11.3 Å². The first-order valence-electron chi connectivity index (χ1n) is 11.1. The molecule has 2 N–H and O–H groups in total. The fourth-order valence-electron chi connectivity index (χ4n) is 4.32. The Morgan fingerprint density at radius 1 is 0.875 bits per heavy atom. The van der Waals surface area contributed by atoms with Crippen LogP contribution in [0, 0.1) is 6.92 Å². The SMILES string of the molecule is Cc1ccc2oc(N(C(N)=O)c3c(C(C)C)cccc3C(C)C)c(-c3ccccc3)c2c1. The summed E-state index contributed by atoms with van der Waals surface area (Å²) in [6, 6.07) is 21.7. The van der Waals surface area contributed by atoms with Gasteiger partial charge in [-0.3, -0.25) is 0 Å². The molecule has 4 heteroatoms. The number of para-hydroxylation sites is 1. The Hall–Kier alpha value is -3.53. The summed E-state index contributed by atoms with van der Waals surface area (Å²) in [4.78, 5) is 14.6. The van der Waals surface area contributed by atoms with Crippen molar-refractivity contribution >= 4 is 28.6 Å². The zero-order valence-electron chi connectivity index (χ0n) is 19.3. The van der Waals surface area contributed by atoms with E-state index in [1.54, 1.807) is 4.90 Å². The molecule has 0 saturated carbocycles. The van der Waals surface area contributed by atoms with Crippen LogP contribution in [0.1, 0.15) is 56.2 Å². The van der Waals surface area contributed by atoms with Crippen molar-refractivity contribution in [2.45, 2.75) is 46.5 Å². The third kappa shape index (κ3) is 3.77. The molecule has 0 unspecified atom stereocenters. The van der Waals surface area contributed by atoms with Crippen LogP contribution in [0.25, 0.3) is 22.1 Å². The topological polar surface area (TPSA) is 59.5 Å². The first-order valence-corrected chi connectivity index (χ1v) is 11.1. The summed E-state index contributed by atoms with van der Waals surface area (Å²) >= 11 is 0. The van der Waals surface area contributed by atoms with E-state index in [4.69, 9.17) is 10.2 Å². The van der Waals surface area contributed by atoms with E-state index in [9.17, 15) is 4.79 Å². The molecule has 164 valence electrons. The zero-order valence-corrected chi connectivity index (χ0v) is 19.3. The number of aryl methyl sites for hydroxylation is 1. The fourth-order valence-corrected chi connectivity index (χ4v) is 4.32. The molecule has 32 heavy (non-hydrogen) atoms. The molecule has 4 nitrogen and oxygen atoms in total. The lowest BCUT2D eigenvalue weighted by molar-refractivity contribution is 0.255. The molecule has 0 aliphatic heterocycles. The van der Waals surface area contributed by atoms with E-state index in [0.717, 1.165) is 44.5 Å². The number of hydrogen-bond acceptors (Lipinski definition) is 2. The Kier molecular flexibility index (Phi) is 5.79. The van der Waals surface area contributed by atoms with E-state index in [0.29, 0.717) is 5.88 Å². The van der Waals surface area contributed by atoms with Gasteiger partial charge in [-0.1, -0.05) is 87.9 Å². The lowest BCUT2D eigenvalue weighted by Gasteiger charge is -2.28. The van der Waals surface area contributed by atoms with Gasteiger partial charge in [0.15, 0.2) is 0 Å². The quantitative estimate of drug-likeness (QED) is 0.353. The number of amides is 2. The van der Waals surface area contributed by atoms with Gasteiger partial charge in [0.2, 0.25) is 5.88 Å². The summed E-state index contributed by atoms with van der Waals surface area (Å²) in [5.41, 5.74) is 12.7. The van der Waals surface area contributed by atoms with Crippen LogP contribution in [-0.4, -0.2) is 6.03 Å². The Labute approximate surface area is 189 Å². The molecule has 0 fully saturated rings. The fraction of sp³-hybridized carbons (Fsp3) is 0.250. The summed E-state index contributed by atoms with van der Waals surface area (Å²) < 4.78 is 6.38. The average Bonchev–Trinajstić information content (AvgIpc) is 3.12. The number of urea groups is 1. The number of anilines is 2. The van der Waals surface area contributed by atoms with Crippen molar-refractivity contribution in [1.29, 1.82) is 0 Å². The number of hydrogen-bond donors (Lipinski definition) is 1. The normalized spacial score (nSPS) is 11.5. The third-order valence-electron chi connectivity index (χ3n) is 5.88. The van der Waals surface area contributed by atoms with Crippen molar-refractivity contribution in [1.82, 2.24) is 0 Å². The van der Waals surface area contributed by atoms with Gasteiger partial charge in [-0.2, -0.15) is 0 Å². The molecule has 1 heterocycles. The van der Waals surface area contributed by atoms with Gasteiger partial charge in [-0.15, -0.1) is 0 Å². The van der Waals surface area contributed by atoms with Gasteiger partial charge in [0, 0.05) is 5.39 Å². The second kappa shape index (κ2) is 8.54. The predicted molar refractivity (Wildman–Crippen MR) is 133 cm³/mol. The molecule has 3 aromatic carbocycles. The van der Waals surface area contributed by atoms with Crippen molar-refractivity contribution in [3.05, 3.63) is 83.4 Å². The minimum atomic E-state index is -0.562. The van der Waals surface area contributed by atoms with Gasteiger partial charge in [-0.05, 0) is 47.6 Å². The molecular formula is C28H30N2O2. The van der Waals surface area contributed by atoms with E-state index in [-0.39, 0.29) is 11.8 Å². The molecule has 0 aliphatic carbocycles. The molecule has 0 radical (unpaired) electrons. The summed E-state index contributed by atoms with van der Waals surface area (Å²) in [6.07, 6.45) is 0. The highest BCUT2D eigenvalue weighted by atomic mass is 16.4. The lowest BCUT2D eigenvalue weighted by atomic mass is 9.91. The van der Waals surface area contributed by atoms with Crippen LogP contribution in [0.5, 0.6) is 0 Å². The molecule has 0 bridgehead atoms. The van der Waals surface area contributed by atoms with Crippen molar-refractivity contribution < 1.29 is 9.21 Å². The van der Waals surface area contributed by atoms with Crippen molar-refractivity contribution in [3.8, 4) is 11.1 Å². The molecule has 0 atom stereocenters. The first kappa shape index (κ1) is 21.7. The molecule has 2 amide bonds. The molecule has 0 aliphatic rings. The average molecular weight is 427 g/mol. The molecule has 4 rings (SSSR count). The molecule has 0 spiro atoms. The van der Waals surface area contributed by atoms with Gasteiger partial charge in [0.25, 0.3) is 0 Å². The van der Waals surface area contributed by atoms with Gasteiger partial charge in [0.1, 0.15) is 5.58 Å². The summed E-state index contributed by atoms with van der Waals surface area (Å²) in [5, 5.41) is 0.963. The smallest absolute Gasteiger partial charge is 0.326 e. The second-order valence-corrected chi connectivity index (χ2v) is 8.92. The standard InChI is InChI=1S/C28H30N2O2/c1-17(2)21-12-9-13-22(18(3)4)26(21)30(28(29)31)27-25(20-10-7-6-8-11-20)23-16-19(5)14-15-24(23)32-27/h6-18H,1-5H3,(H2,29,31). The zero-order chi connectivity index (χ0) is 23.0. The van der Waals surface area contributed by atoms with Crippen molar-refractivity contribution in [2.75, 3.05) is 4.90 Å². The second-order valence-electron chi connectivity index (χ2n) is 8.92. The monoisotopic (exact) mass is 426 g/mol. The van der Waals surface area contributed by atoms with Crippen LogP contribution in [0.3, 0.4) is 0 Å². The molecular weight excluding hydrogens is 396 g/mol. The highest BCUT2D eigenvalue weighted by Gasteiger charge is 2.30. The van der Waals surface area contributed by atoms with Gasteiger partial charge >= 0.3 is 6.03 Å². The van der Waals surface area contributed by atoms with Crippen LogP contribution >= 0.6 is 0 Å². The summed E-state index contributed by atoms with van der Waals surface area (Å²) in [7, 11) is 0. The first-order chi connectivity index (χ1) is 15.3. The predicted octanol–water partition coefficient (Wildman–Crippen LogP) is 7.87. The van der Waals surface area contributed by atoms with Gasteiger partial charge in [-0.25, -0.2) is 9.69 Å². The van der Waals surface area contributed by atoms with Crippen molar-refractivity contribution in [2.24, 2.45) is 5.73 Å². The van der Waals surface area contributed by atoms with Crippen LogP contribution in [0.4, 0.5) is 16.4 Å². The van der Waals surface area contributed by atoms with Crippen LogP contribution in [-0.2, 0) is 0 Å². The Bertz CT molecular complexity index is 1240. The van der Waals surface area contributed by atoms with E-state index in [1.807, 2.05) is 48.5 Å². The maximum Gasteiger partial charge on any atom is 0.326 e. The highest BCUT2D eigenvalue weighted by Crippen LogP contribution is 2.46. The van der Waals surface area contributed by atoms with E-state index in [1.165, 1.54) is 0 Å². The molecule has 1 aromatic heterocycles. The maximum atomic E-state index is 13.1. The van der Waals surface area contributed by atoms with Crippen LogP contribution < -0.4 is 10.6 Å². The Balaban J connectivity index is 2.11. The number of nitrogens with zero attached hydrogens (tertiary/aromatic N) is 1. The number of rotatable bonds is 5. The van der Waals surface area contributed by atoms with E-state index < -0.39 is 6.03 Å². The molecule has 0 saturated heterocycles. The highest BCUT2D eigenvalue weighted by molar-refractivity contribution is 6.09. The number of primary amides is 1. The number of furan rings is 1. The minimum Gasteiger partial charge on any atom is -0.439 e.